The van der Waals surface area contributed by atoms with Crippen molar-refractivity contribution in [1.82, 2.24) is 4.72 Å². The first-order valence-corrected chi connectivity index (χ1v) is 5.97. The molecule has 6 nitrogen and oxygen atoms in total. The van der Waals surface area contributed by atoms with Crippen molar-refractivity contribution in [3.63, 3.8) is 0 Å². The Bertz CT molecular complexity index is 499. The van der Waals surface area contributed by atoms with Crippen molar-refractivity contribution < 1.29 is 27.8 Å². The number of hydrogen-bond acceptors (Lipinski definition) is 4. The highest BCUT2D eigenvalue weighted by atomic mass is 32.2. The summed E-state index contributed by atoms with van der Waals surface area (Å²) in [4.78, 5) is 10.1. The van der Waals surface area contributed by atoms with Gasteiger partial charge >= 0.3 is 5.97 Å². The van der Waals surface area contributed by atoms with Crippen molar-refractivity contribution in [1.29, 1.82) is 0 Å². The van der Waals surface area contributed by atoms with Gasteiger partial charge in [0, 0.05) is 6.54 Å². The highest BCUT2D eigenvalue weighted by Gasteiger charge is 2.19. The molecule has 1 aromatic rings. The molecule has 0 saturated heterocycles. The van der Waals surface area contributed by atoms with E-state index in [2.05, 4.69) is 0 Å². The van der Waals surface area contributed by atoms with E-state index in [9.17, 15) is 17.6 Å². The number of carboxylic acid groups (broad SMARTS) is 1. The van der Waals surface area contributed by atoms with Crippen molar-refractivity contribution in [2.75, 3.05) is 6.54 Å². The Kier molecular flexibility index (Phi) is 4.16. The van der Waals surface area contributed by atoms with Gasteiger partial charge in [0.05, 0.1) is 4.90 Å². The van der Waals surface area contributed by atoms with E-state index in [0.29, 0.717) is 0 Å². The molecule has 94 valence electrons. The van der Waals surface area contributed by atoms with Gasteiger partial charge in [-0.25, -0.2) is 22.3 Å². The van der Waals surface area contributed by atoms with Gasteiger partial charge in [-0.15, -0.1) is 0 Å². The van der Waals surface area contributed by atoms with Gasteiger partial charge in [0.1, 0.15) is 5.82 Å². The van der Waals surface area contributed by atoms with Crippen LogP contribution in [0.25, 0.3) is 0 Å². The molecule has 1 rings (SSSR count). The molecular weight excluding hydrogens is 253 g/mol. The summed E-state index contributed by atoms with van der Waals surface area (Å²) in [6, 6.07) is 3.99. The number of nitrogens with one attached hydrogen (secondary N) is 1. The molecule has 0 spiro atoms. The second-order valence-corrected chi connectivity index (χ2v) is 4.93. The molecule has 0 radical (unpaired) electrons. The Hall–Kier alpha value is -1.51. The lowest BCUT2D eigenvalue weighted by Crippen LogP contribution is -2.36. The van der Waals surface area contributed by atoms with Crippen LogP contribution in [0.3, 0.4) is 0 Å². The summed E-state index contributed by atoms with van der Waals surface area (Å²) in [7, 11) is -3.95. The molecule has 0 aliphatic rings. The lowest BCUT2D eigenvalue weighted by molar-refractivity contribution is -0.146. The van der Waals surface area contributed by atoms with Gasteiger partial charge in [-0.2, -0.15) is 0 Å². The van der Waals surface area contributed by atoms with Crippen LogP contribution in [0.4, 0.5) is 4.39 Å². The average Bonchev–Trinajstić information content (AvgIpc) is 2.26. The average molecular weight is 263 g/mol. The smallest absolute Gasteiger partial charge is 0.333 e. The minimum Gasteiger partial charge on any atom is -0.479 e. The molecule has 17 heavy (non-hydrogen) atoms. The van der Waals surface area contributed by atoms with Crippen LogP contribution in [0.15, 0.2) is 29.2 Å². The van der Waals surface area contributed by atoms with Gasteiger partial charge in [0.25, 0.3) is 0 Å². The summed E-state index contributed by atoms with van der Waals surface area (Å²) in [5, 5.41) is 17.2. The molecule has 0 unspecified atom stereocenters. The highest BCUT2D eigenvalue weighted by Crippen LogP contribution is 2.09. The zero-order valence-electron chi connectivity index (χ0n) is 8.50. The summed E-state index contributed by atoms with van der Waals surface area (Å²) in [5.74, 6) is -2.12. The van der Waals surface area contributed by atoms with Gasteiger partial charge in [0.2, 0.25) is 10.0 Å². The van der Waals surface area contributed by atoms with Crippen LogP contribution >= 0.6 is 0 Å². The van der Waals surface area contributed by atoms with Crippen molar-refractivity contribution in [3.05, 3.63) is 30.1 Å². The first-order valence-electron chi connectivity index (χ1n) is 4.49. The SMILES string of the molecule is O=C(O)[C@@H](O)CNS(=O)(=O)c1ccc(F)cc1. The third-order valence-corrected chi connectivity index (χ3v) is 3.32. The second kappa shape index (κ2) is 5.21. The van der Waals surface area contributed by atoms with Gasteiger partial charge < -0.3 is 10.2 Å². The molecule has 3 N–H and O–H groups in total. The van der Waals surface area contributed by atoms with Gasteiger partial charge in [-0.05, 0) is 24.3 Å². The van der Waals surface area contributed by atoms with Crippen LogP contribution in [0.5, 0.6) is 0 Å². The maximum absolute atomic E-state index is 12.6. The minimum atomic E-state index is -3.95. The maximum Gasteiger partial charge on any atom is 0.333 e. The fourth-order valence-electron chi connectivity index (χ4n) is 0.973. The Labute approximate surface area is 96.8 Å². The number of carbonyl (C=O) groups is 1. The molecule has 0 aromatic heterocycles. The summed E-state index contributed by atoms with van der Waals surface area (Å²) in [5.41, 5.74) is 0. The molecule has 8 heteroatoms. The number of carboxylic acids is 1. The summed E-state index contributed by atoms with van der Waals surface area (Å²) >= 11 is 0. The Morgan fingerprint density at radius 3 is 2.35 bits per heavy atom. The van der Waals surface area contributed by atoms with Crippen molar-refractivity contribution in [2.45, 2.75) is 11.0 Å². The summed E-state index contributed by atoms with van der Waals surface area (Å²) in [6.45, 7) is -0.658. The molecule has 0 bridgehead atoms. The maximum atomic E-state index is 12.6. The van der Waals surface area contributed by atoms with Crippen molar-refractivity contribution >= 4 is 16.0 Å². The zero-order valence-corrected chi connectivity index (χ0v) is 9.32. The normalized spacial score (nSPS) is 13.3. The first kappa shape index (κ1) is 13.6. The molecule has 0 amide bonds. The van der Waals surface area contributed by atoms with Crippen LogP contribution in [0.1, 0.15) is 0 Å². The second-order valence-electron chi connectivity index (χ2n) is 3.16. The van der Waals surface area contributed by atoms with Gasteiger partial charge in [-0.3, -0.25) is 0 Å². The van der Waals surface area contributed by atoms with Crippen LogP contribution in [0.2, 0.25) is 0 Å². The van der Waals surface area contributed by atoms with Crippen molar-refractivity contribution in [3.8, 4) is 0 Å². The number of hydrogen-bond donors (Lipinski definition) is 3. The third kappa shape index (κ3) is 3.77. The molecule has 0 heterocycles. The number of aliphatic carboxylic acids is 1. The Morgan fingerprint density at radius 1 is 1.35 bits per heavy atom. The predicted octanol–water partition coefficient (Wildman–Crippen LogP) is -0.451. The lowest BCUT2D eigenvalue weighted by Gasteiger charge is -2.08. The molecular formula is C9H10FNO5S. The fourth-order valence-corrected chi connectivity index (χ4v) is 2.01. The van der Waals surface area contributed by atoms with Crippen LogP contribution < -0.4 is 4.72 Å². The minimum absolute atomic E-state index is 0.212. The largest absolute Gasteiger partial charge is 0.479 e. The van der Waals surface area contributed by atoms with E-state index in [1.807, 2.05) is 4.72 Å². The van der Waals surface area contributed by atoms with E-state index in [1.165, 1.54) is 0 Å². The Morgan fingerprint density at radius 2 is 1.88 bits per heavy atom. The topological polar surface area (TPSA) is 104 Å². The van der Waals surface area contributed by atoms with E-state index in [0.717, 1.165) is 24.3 Å². The van der Waals surface area contributed by atoms with Gasteiger partial charge in [0.15, 0.2) is 6.10 Å². The van der Waals surface area contributed by atoms with Crippen LogP contribution in [-0.2, 0) is 14.8 Å². The lowest BCUT2D eigenvalue weighted by atomic mass is 10.4. The number of halogens is 1. The monoisotopic (exact) mass is 263 g/mol. The number of rotatable bonds is 5. The zero-order chi connectivity index (χ0) is 13.1. The highest BCUT2D eigenvalue weighted by molar-refractivity contribution is 7.89. The third-order valence-electron chi connectivity index (χ3n) is 1.88. The molecule has 1 atom stereocenters. The van der Waals surface area contributed by atoms with E-state index >= 15 is 0 Å². The summed E-state index contributed by atoms with van der Waals surface area (Å²) in [6.07, 6.45) is -1.83. The quantitative estimate of drug-likeness (QED) is 0.667. The summed E-state index contributed by atoms with van der Waals surface area (Å²) < 4.78 is 37.5. The standard InChI is InChI=1S/C9H10FNO5S/c10-6-1-3-7(4-2-6)17(15,16)11-5-8(12)9(13)14/h1-4,8,11-12H,5H2,(H,13,14)/t8-/m0/s1. The molecule has 0 fully saturated rings. The first-order chi connectivity index (χ1) is 7.83. The predicted molar refractivity (Wildman–Crippen MR) is 55.2 cm³/mol. The van der Waals surface area contributed by atoms with E-state index < -0.39 is 34.5 Å². The van der Waals surface area contributed by atoms with Crippen LogP contribution in [-0.4, -0.2) is 37.2 Å². The number of sulfonamides is 1. The molecule has 1 aromatic carbocycles. The molecule has 0 saturated carbocycles. The molecule has 0 aliphatic carbocycles. The van der Waals surface area contributed by atoms with E-state index in [-0.39, 0.29) is 4.90 Å². The Balaban J connectivity index is 2.76. The number of aliphatic hydroxyl groups is 1. The number of benzene rings is 1. The van der Waals surface area contributed by atoms with Crippen molar-refractivity contribution in [2.24, 2.45) is 0 Å². The fraction of sp³-hybridized carbons (Fsp3) is 0.222. The van der Waals surface area contributed by atoms with Gasteiger partial charge in [-0.1, -0.05) is 0 Å². The van der Waals surface area contributed by atoms with E-state index in [4.69, 9.17) is 10.2 Å². The van der Waals surface area contributed by atoms with E-state index in [1.54, 1.807) is 0 Å². The number of aliphatic hydroxyl groups excluding tert-OH is 1. The van der Waals surface area contributed by atoms with Crippen LogP contribution in [0, 0.1) is 5.82 Å². The molecule has 0 aliphatic heterocycles.